The summed E-state index contributed by atoms with van der Waals surface area (Å²) in [5, 5.41) is 9.07. The molecule has 0 spiro atoms. The van der Waals surface area contributed by atoms with E-state index < -0.39 is 10.0 Å². The summed E-state index contributed by atoms with van der Waals surface area (Å²) in [6, 6.07) is 7.69. The van der Waals surface area contributed by atoms with Crippen LogP contribution in [0.15, 0.2) is 39.8 Å². The number of hydrogen-bond donors (Lipinski definition) is 1. The quantitative estimate of drug-likeness (QED) is 0.785. The molecule has 1 heterocycles. The third kappa shape index (κ3) is 3.66. The fourth-order valence-electron chi connectivity index (χ4n) is 1.45. The molecule has 2 aromatic rings. The number of rotatable bonds is 3. The lowest BCUT2D eigenvalue weighted by atomic mass is 10.2. The molecule has 0 bridgehead atoms. The van der Waals surface area contributed by atoms with Gasteiger partial charge in [0, 0.05) is 10.7 Å². The molecular formula is C12H6BrCl2N3O2S. The maximum atomic E-state index is 12.2. The summed E-state index contributed by atoms with van der Waals surface area (Å²) in [7, 11) is -3.92. The van der Waals surface area contributed by atoms with E-state index in [2.05, 4.69) is 25.6 Å². The van der Waals surface area contributed by atoms with Crippen LogP contribution >= 0.6 is 39.1 Å². The second-order valence-electron chi connectivity index (χ2n) is 3.85. The number of nitrogens with one attached hydrogen (secondary N) is 1. The molecule has 9 heteroatoms. The molecule has 0 amide bonds. The average Bonchev–Trinajstić information content (AvgIpc) is 2.43. The van der Waals surface area contributed by atoms with Crippen molar-refractivity contribution in [2.75, 3.05) is 4.72 Å². The minimum Gasteiger partial charge on any atom is -0.278 e. The van der Waals surface area contributed by atoms with Crippen LogP contribution < -0.4 is 4.72 Å². The lowest BCUT2D eigenvalue weighted by Gasteiger charge is -2.10. The fourth-order valence-corrected chi connectivity index (χ4v) is 3.20. The SMILES string of the molecule is N#Cc1cc(Br)ccc1NS(=O)(=O)c1cnc(Cl)c(Cl)c1. The average molecular weight is 407 g/mol. The largest absolute Gasteiger partial charge is 0.278 e. The van der Waals surface area contributed by atoms with Gasteiger partial charge in [0.05, 0.1) is 16.3 Å². The zero-order valence-electron chi connectivity index (χ0n) is 10.1. The van der Waals surface area contributed by atoms with Crippen LogP contribution in [0.1, 0.15) is 5.56 Å². The molecule has 0 saturated carbocycles. The van der Waals surface area contributed by atoms with E-state index >= 15 is 0 Å². The highest BCUT2D eigenvalue weighted by Crippen LogP contribution is 2.26. The van der Waals surface area contributed by atoms with Crippen molar-refractivity contribution in [3.63, 3.8) is 0 Å². The van der Waals surface area contributed by atoms with E-state index in [9.17, 15) is 8.42 Å². The van der Waals surface area contributed by atoms with Crippen LogP contribution in [0.3, 0.4) is 0 Å². The van der Waals surface area contributed by atoms with E-state index in [1.165, 1.54) is 18.2 Å². The third-order valence-corrected chi connectivity index (χ3v) is 4.94. The fraction of sp³-hybridized carbons (Fsp3) is 0. The number of halogens is 3. The van der Waals surface area contributed by atoms with E-state index in [1.54, 1.807) is 6.07 Å². The molecule has 0 aliphatic carbocycles. The van der Waals surface area contributed by atoms with E-state index in [1.807, 2.05) is 6.07 Å². The predicted molar refractivity (Wildman–Crippen MR) is 83.9 cm³/mol. The van der Waals surface area contributed by atoms with Gasteiger partial charge in [0.2, 0.25) is 0 Å². The first-order valence-electron chi connectivity index (χ1n) is 5.37. The van der Waals surface area contributed by atoms with Crippen LogP contribution in [0.25, 0.3) is 0 Å². The molecule has 0 saturated heterocycles. The van der Waals surface area contributed by atoms with Gasteiger partial charge in [-0.15, -0.1) is 0 Å². The Morgan fingerprint density at radius 3 is 2.62 bits per heavy atom. The van der Waals surface area contributed by atoms with Crippen LogP contribution in [0, 0.1) is 11.3 Å². The Morgan fingerprint density at radius 2 is 2.00 bits per heavy atom. The molecule has 0 radical (unpaired) electrons. The van der Waals surface area contributed by atoms with E-state index in [0.29, 0.717) is 4.47 Å². The zero-order valence-corrected chi connectivity index (χ0v) is 14.1. The maximum absolute atomic E-state index is 12.2. The number of hydrogen-bond acceptors (Lipinski definition) is 4. The van der Waals surface area contributed by atoms with E-state index in [4.69, 9.17) is 28.5 Å². The normalized spacial score (nSPS) is 11.0. The van der Waals surface area contributed by atoms with Crippen molar-refractivity contribution in [2.24, 2.45) is 0 Å². The third-order valence-electron chi connectivity index (χ3n) is 2.43. The molecule has 0 fully saturated rings. The summed E-state index contributed by atoms with van der Waals surface area (Å²) >= 11 is 14.6. The molecular weight excluding hydrogens is 401 g/mol. The molecule has 2 rings (SSSR count). The summed E-state index contributed by atoms with van der Waals surface area (Å²) < 4.78 is 27.5. The number of pyridine rings is 1. The molecule has 0 unspecified atom stereocenters. The molecule has 1 aromatic carbocycles. The van der Waals surface area contributed by atoms with Crippen molar-refractivity contribution in [3.8, 4) is 6.07 Å². The van der Waals surface area contributed by atoms with E-state index in [0.717, 1.165) is 6.20 Å². The number of anilines is 1. The Labute approximate surface area is 139 Å². The van der Waals surface area contributed by atoms with Gasteiger partial charge in [-0.3, -0.25) is 4.72 Å². The number of nitrogens with zero attached hydrogens (tertiary/aromatic N) is 2. The Kier molecular flexibility index (Phi) is 4.74. The van der Waals surface area contributed by atoms with Gasteiger partial charge in [0.15, 0.2) is 0 Å². The van der Waals surface area contributed by atoms with Gasteiger partial charge in [-0.25, -0.2) is 13.4 Å². The van der Waals surface area contributed by atoms with Gasteiger partial charge in [-0.1, -0.05) is 39.1 Å². The van der Waals surface area contributed by atoms with Gasteiger partial charge in [0.25, 0.3) is 10.0 Å². The molecule has 1 N–H and O–H groups in total. The monoisotopic (exact) mass is 405 g/mol. The van der Waals surface area contributed by atoms with Gasteiger partial charge < -0.3 is 0 Å². The van der Waals surface area contributed by atoms with E-state index in [-0.39, 0.29) is 26.3 Å². The molecule has 0 aliphatic heterocycles. The van der Waals surface area contributed by atoms with Crippen molar-refractivity contribution in [2.45, 2.75) is 4.90 Å². The molecule has 5 nitrogen and oxygen atoms in total. The molecule has 108 valence electrons. The van der Waals surface area contributed by atoms with Gasteiger partial charge in [0.1, 0.15) is 16.1 Å². The van der Waals surface area contributed by atoms with Crippen LogP contribution in [-0.2, 0) is 10.0 Å². The highest BCUT2D eigenvalue weighted by Gasteiger charge is 2.18. The van der Waals surface area contributed by atoms with Crippen molar-refractivity contribution in [1.29, 1.82) is 5.26 Å². The summed E-state index contributed by atoms with van der Waals surface area (Å²) in [5.41, 5.74) is 0.341. The first kappa shape index (κ1) is 16.0. The topological polar surface area (TPSA) is 82.9 Å². The second kappa shape index (κ2) is 6.20. The zero-order chi connectivity index (χ0) is 15.6. The summed E-state index contributed by atoms with van der Waals surface area (Å²) in [6.07, 6.45) is 1.08. The van der Waals surface area contributed by atoms with Crippen molar-refractivity contribution in [3.05, 3.63) is 50.7 Å². The Bertz CT molecular complexity index is 850. The van der Waals surface area contributed by atoms with Crippen LogP contribution in [0.5, 0.6) is 0 Å². The lowest BCUT2D eigenvalue weighted by molar-refractivity contribution is 0.601. The maximum Gasteiger partial charge on any atom is 0.263 e. The summed E-state index contributed by atoms with van der Waals surface area (Å²) in [6.45, 7) is 0. The lowest BCUT2D eigenvalue weighted by Crippen LogP contribution is -2.14. The highest BCUT2D eigenvalue weighted by atomic mass is 79.9. The Balaban J connectivity index is 2.42. The Morgan fingerprint density at radius 1 is 1.29 bits per heavy atom. The number of nitriles is 1. The number of sulfonamides is 1. The van der Waals surface area contributed by atoms with Crippen molar-refractivity contribution >= 4 is 54.8 Å². The molecule has 0 atom stereocenters. The van der Waals surface area contributed by atoms with Crippen molar-refractivity contribution in [1.82, 2.24) is 4.98 Å². The number of benzene rings is 1. The molecule has 1 aromatic heterocycles. The first-order valence-corrected chi connectivity index (χ1v) is 8.40. The van der Waals surface area contributed by atoms with Crippen molar-refractivity contribution < 1.29 is 8.42 Å². The standard InChI is InChI=1S/C12H6BrCl2N3O2S/c13-8-1-2-11(7(3-8)5-16)18-21(19,20)9-4-10(14)12(15)17-6-9/h1-4,6,18H. The predicted octanol–water partition coefficient (Wildman–Crippen LogP) is 3.82. The minimum absolute atomic E-state index is 0.0111. The van der Waals surface area contributed by atoms with Gasteiger partial charge in [-0.05, 0) is 24.3 Å². The molecule has 0 aliphatic rings. The smallest absolute Gasteiger partial charge is 0.263 e. The van der Waals surface area contributed by atoms with Crippen LogP contribution in [0.4, 0.5) is 5.69 Å². The summed E-state index contributed by atoms with van der Waals surface area (Å²) in [4.78, 5) is 3.54. The van der Waals surface area contributed by atoms with Crippen LogP contribution in [0.2, 0.25) is 10.2 Å². The second-order valence-corrected chi connectivity index (χ2v) is 7.21. The summed E-state index contributed by atoms with van der Waals surface area (Å²) in [5.74, 6) is 0. The van der Waals surface area contributed by atoms with Gasteiger partial charge >= 0.3 is 0 Å². The highest BCUT2D eigenvalue weighted by molar-refractivity contribution is 9.10. The molecule has 21 heavy (non-hydrogen) atoms. The Hall–Kier alpha value is -1.33. The van der Waals surface area contributed by atoms with Gasteiger partial charge in [-0.2, -0.15) is 5.26 Å². The number of aromatic nitrogens is 1. The van der Waals surface area contributed by atoms with Crippen LogP contribution in [-0.4, -0.2) is 13.4 Å². The minimum atomic E-state index is -3.92. The first-order chi connectivity index (χ1) is 9.83.